The number of rotatable bonds is 14. The highest BCUT2D eigenvalue weighted by molar-refractivity contribution is 7.39. The molecule has 0 heterocycles. The number of nitrogens with two attached hydrogens (primary N) is 1. The van der Waals surface area contributed by atoms with Crippen molar-refractivity contribution in [2.75, 3.05) is 19.8 Å². The molecule has 1 unspecified atom stereocenters. The second-order valence-electron chi connectivity index (χ2n) is 6.41. The third kappa shape index (κ3) is 10.2. The molecule has 26 heavy (non-hydrogen) atoms. The van der Waals surface area contributed by atoms with Crippen LogP contribution in [0.3, 0.4) is 0 Å². The second kappa shape index (κ2) is 13.2. The first-order valence-corrected chi connectivity index (χ1v) is 10.2. The lowest BCUT2D eigenvalue weighted by atomic mass is 9.94. The summed E-state index contributed by atoms with van der Waals surface area (Å²) in [5, 5.41) is 9.42. The third-order valence-electron chi connectivity index (χ3n) is 4.05. The number of hydrogen-bond donors (Lipinski definition) is 4. The van der Waals surface area contributed by atoms with Crippen LogP contribution in [-0.4, -0.2) is 40.3 Å². The van der Waals surface area contributed by atoms with E-state index in [0.717, 1.165) is 37.0 Å². The minimum absolute atomic E-state index is 0.100. The summed E-state index contributed by atoms with van der Waals surface area (Å²) in [6.07, 6.45) is 9.86. The maximum Gasteiger partial charge on any atom is 0.327 e. The normalized spacial score (nSPS) is 14.1. The molecule has 0 aromatic heterocycles. The molecule has 1 aromatic carbocycles. The van der Waals surface area contributed by atoms with E-state index in [1.807, 2.05) is 24.3 Å². The van der Waals surface area contributed by atoms with Gasteiger partial charge in [-0.05, 0) is 56.2 Å². The predicted octanol–water partition coefficient (Wildman–Crippen LogP) is 3.05. The Labute approximate surface area is 157 Å². The van der Waals surface area contributed by atoms with Gasteiger partial charge in [-0.25, -0.2) is 0 Å². The van der Waals surface area contributed by atoms with Crippen LogP contribution in [0.25, 0.3) is 0 Å². The number of aryl methyl sites for hydroxylation is 1. The van der Waals surface area contributed by atoms with Crippen molar-refractivity contribution in [2.24, 2.45) is 5.73 Å². The smallest absolute Gasteiger partial charge is 0.327 e. The summed E-state index contributed by atoms with van der Waals surface area (Å²) in [6.45, 7) is 2.45. The van der Waals surface area contributed by atoms with Crippen LogP contribution in [0.15, 0.2) is 36.4 Å². The molecule has 1 aromatic rings. The summed E-state index contributed by atoms with van der Waals surface area (Å²) in [5.41, 5.74) is 6.11. The minimum atomic E-state index is -2.46. The summed E-state index contributed by atoms with van der Waals surface area (Å²) in [4.78, 5) is 17.6. The number of ether oxygens (including phenoxy) is 1. The average Bonchev–Trinajstić information content (AvgIpc) is 2.65. The van der Waals surface area contributed by atoms with Gasteiger partial charge >= 0.3 is 8.60 Å². The summed E-state index contributed by atoms with van der Waals surface area (Å²) < 4.78 is 10.5. The molecule has 0 aliphatic heterocycles. The lowest BCUT2D eigenvalue weighted by Crippen LogP contribution is -2.48. The molecule has 0 bridgehead atoms. The summed E-state index contributed by atoms with van der Waals surface area (Å²) in [5.74, 6) is 0.841. The average molecular weight is 385 g/mol. The molecule has 5 N–H and O–H groups in total. The lowest BCUT2D eigenvalue weighted by Gasteiger charge is -2.27. The van der Waals surface area contributed by atoms with Gasteiger partial charge in [0.25, 0.3) is 0 Å². The van der Waals surface area contributed by atoms with E-state index in [9.17, 15) is 5.11 Å². The van der Waals surface area contributed by atoms with Crippen molar-refractivity contribution in [1.82, 2.24) is 0 Å². The summed E-state index contributed by atoms with van der Waals surface area (Å²) in [6, 6.07) is 7.81. The van der Waals surface area contributed by atoms with Crippen LogP contribution in [0, 0.1) is 0 Å². The van der Waals surface area contributed by atoms with Crippen molar-refractivity contribution < 1.29 is 24.2 Å². The lowest BCUT2D eigenvalue weighted by molar-refractivity contribution is 0.117. The standard InChI is InChI=1S/C19H32NO5P/c1-2-3-4-5-6-7-14-24-18-10-8-17(9-11-18)12-13-19(20,15-21)16-25-26(22)23/h3-4,8-11,21-23H,2,5-7,12-16,20H2,1H3/b4-3-. The van der Waals surface area contributed by atoms with Crippen LogP contribution in [-0.2, 0) is 10.9 Å². The van der Waals surface area contributed by atoms with Crippen molar-refractivity contribution in [3.8, 4) is 5.75 Å². The Balaban J connectivity index is 2.32. The van der Waals surface area contributed by atoms with E-state index in [1.165, 1.54) is 0 Å². The van der Waals surface area contributed by atoms with Gasteiger partial charge in [-0.3, -0.25) is 0 Å². The Kier molecular flexibility index (Phi) is 11.7. The number of aliphatic hydroxyl groups is 1. The van der Waals surface area contributed by atoms with Crippen molar-refractivity contribution in [3.05, 3.63) is 42.0 Å². The first-order valence-electron chi connectivity index (χ1n) is 9.06. The van der Waals surface area contributed by atoms with Crippen molar-refractivity contribution >= 4 is 8.60 Å². The first-order chi connectivity index (χ1) is 12.5. The largest absolute Gasteiger partial charge is 0.494 e. The zero-order chi connectivity index (χ0) is 19.3. The van der Waals surface area contributed by atoms with Gasteiger partial charge in [0.2, 0.25) is 0 Å². The zero-order valence-corrected chi connectivity index (χ0v) is 16.4. The van der Waals surface area contributed by atoms with Crippen LogP contribution < -0.4 is 10.5 Å². The number of aliphatic hydroxyl groups excluding tert-OH is 1. The van der Waals surface area contributed by atoms with Gasteiger partial charge in [-0.2, -0.15) is 0 Å². The second-order valence-corrected chi connectivity index (χ2v) is 7.18. The molecule has 0 aliphatic rings. The van der Waals surface area contributed by atoms with Gasteiger partial charge < -0.3 is 29.9 Å². The molecular formula is C19H32NO5P. The fourth-order valence-electron chi connectivity index (χ4n) is 2.37. The van der Waals surface area contributed by atoms with Crippen LogP contribution in [0.1, 0.15) is 44.6 Å². The van der Waals surface area contributed by atoms with E-state index in [1.54, 1.807) is 0 Å². The van der Waals surface area contributed by atoms with Crippen molar-refractivity contribution in [2.45, 2.75) is 51.0 Å². The fraction of sp³-hybridized carbons (Fsp3) is 0.579. The van der Waals surface area contributed by atoms with E-state index in [2.05, 4.69) is 19.1 Å². The molecular weight excluding hydrogens is 353 g/mol. The maximum atomic E-state index is 9.42. The van der Waals surface area contributed by atoms with E-state index in [4.69, 9.17) is 24.8 Å². The first kappa shape index (κ1) is 23.0. The predicted molar refractivity (Wildman–Crippen MR) is 105 cm³/mol. The van der Waals surface area contributed by atoms with Crippen LogP contribution in [0.5, 0.6) is 5.75 Å². The topological polar surface area (TPSA) is 105 Å². The Hall–Kier alpha value is -1.01. The number of benzene rings is 1. The monoisotopic (exact) mass is 385 g/mol. The number of unbranched alkanes of at least 4 members (excludes halogenated alkanes) is 2. The van der Waals surface area contributed by atoms with Gasteiger partial charge in [-0.1, -0.05) is 31.2 Å². The zero-order valence-electron chi connectivity index (χ0n) is 15.5. The van der Waals surface area contributed by atoms with Crippen LogP contribution >= 0.6 is 8.60 Å². The molecule has 1 rings (SSSR count). The molecule has 0 saturated heterocycles. The Morgan fingerprint density at radius 3 is 2.50 bits per heavy atom. The highest BCUT2D eigenvalue weighted by Gasteiger charge is 2.25. The number of hydrogen-bond acceptors (Lipinski definition) is 6. The van der Waals surface area contributed by atoms with Crippen molar-refractivity contribution in [1.29, 1.82) is 0 Å². The van der Waals surface area contributed by atoms with Gasteiger partial charge in [0.15, 0.2) is 0 Å². The molecule has 0 saturated carbocycles. The Morgan fingerprint density at radius 2 is 1.88 bits per heavy atom. The minimum Gasteiger partial charge on any atom is -0.494 e. The third-order valence-corrected chi connectivity index (χ3v) is 4.41. The summed E-state index contributed by atoms with van der Waals surface area (Å²) in [7, 11) is -2.46. The van der Waals surface area contributed by atoms with Crippen molar-refractivity contribution in [3.63, 3.8) is 0 Å². The van der Waals surface area contributed by atoms with E-state index >= 15 is 0 Å². The molecule has 0 fully saturated rings. The Bertz CT molecular complexity index is 509. The summed E-state index contributed by atoms with van der Waals surface area (Å²) >= 11 is 0. The quantitative estimate of drug-likeness (QED) is 0.223. The molecule has 6 nitrogen and oxygen atoms in total. The Morgan fingerprint density at radius 1 is 1.15 bits per heavy atom. The molecule has 0 spiro atoms. The SMILES string of the molecule is CC/C=C\CCCCOc1ccc(CCC(N)(CO)COP(O)O)cc1. The fourth-order valence-corrected chi connectivity index (χ4v) is 2.74. The molecule has 0 radical (unpaired) electrons. The van der Waals surface area contributed by atoms with Crippen LogP contribution in [0.2, 0.25) is 0 Å². The van der Waals surface area contributed by atoms with Gasteiger partial charge in [0.05, 0.1) is 25.4 Å². The van der Waals surface area contributed by atoms with Gasteiger partial charge in [0, 0.05) is 0 Å². The highest BCUT2D eigenvalue weighted by Crippen LogP contribution is 2.27. The molecule has 1 atom stereocenters. The van der Waals surface area contributed by atoms with Gasteiger partial charge in [-0.15, -0.1) is 0 Å². The molecule has 0 amide bonds. The molecule has 7 heteroatoms. The van der Waals surface area contributed by atoms with E-state index in [-0.39, 0.29) is 13.2 Å². The highest BCUT2D eigenvalue weighted by atomic mass is 31.2. The van der Waals surface area contributed by atoms with Gasteiger partial charge in [0.1, 0.15) is 5.75 Å². The molecule has 148 valence electrons. The van der Waals surface area contributed by atoms with E-state index < -0.39 is 14.1 Å². The number of allylic oxidation sites excluding steroid dienone is 2. The van der Waals surface area contributed by atoms with E-state index in [0.29, 0.717) is 19.4 Å². The van der Waals surface area contributed by atoms with Crippen LogP contribution in [0.4, 0.5) is 0 Å². The molecule has 0 aliphatic carbocycles. The maximum absolute atomic E-state index is 9.42.